The van der Waals surface area contributed by atoms with Crippen LogP contribution in [0.15, 0.2) is 47.7 Å². The third-order valence-electron chi connectivity index (χ3n) is 5.36. The van der Waals surface area contributed by atoms with Gasteiger partial charge in [0.25, 0.3) is 17.4 Å². The van der Waals surface area contributed by atoms with E-state index in [1.165, 1.54) is 41.2 Å². The molecule has 3 aromatic rings. The first-order valence-corrected chi connectivity index (χ1v) is 10.3. The Kier molecular flexibility index (Phi) is 5.81. The summed E-state index contributed by atoms with van der Waals surface area (Å²) in [6, 6.07) is 5.44. The van der Waals surface area contributed by atoms with E-state index < -0.39 is 17.3 Å². The number of aryl methyl sites for hydroxylation is 1. The van der Waals surface area contributed by atoms with Crippen LogP contribution >= 0.6 is 0 Å². The molecule has 0 radical (unpaired) electrons. The van der Waals surface area contributed by atoms with Crippen LogP contribution in [0.3, 0.4) is 0 Å². The first-order chi connectivity index (χ1) is 15.4. The van der Waals surface area contributed by atoms with Gasteiger partial charge in [-0.3, -0.25) is 23.9 Å². The van der Waals surface area contributed by atoms with E-state index in [1.807, 2.05) is 0 Å². The standard InChI is InChI=1S/C23H22FN5O3/c1-3-25-21(30)20-18-8-9-28(22(31)19-11-26-14(2)10-27-19)12-15(18)13-29(23(20)32)17-6-4-16(24)5-7-17/h4-7,10-11,13H,3,8-9,12H2,1-2H3,(H,25,30). The minimum absolute atomic E-state index is 0.0518. The molecular weight excluding hydrogens is 413 g/mol. The van der Waals surface area contributed by atoms with Gasteiger partial charge in [0, 0.05) is 37.7 Å². The Morgan fingerprint density at radius 3 is 2.56 bits per heavy atom. The summed E-state index contributed by atoms with van der Waals surface area (Å²) in [6.45, 7) is 4.48. The predicted molar refractivity (Wildman–Crippen MR) is 115 cm³/mol. The zero-order valence-corrected chi connectivity index (χ0v) is 17.8. The number of halogens is 1. The molecule has 1 aromatic carbocycles. The maximum atomic E-state index is 13.4. The van der Waals surface area contributed by atoms with Crippen molar-refractivity contribution >= 4 is 11.8 Å². The van der Waals surface area contributed by atoms with E-state index in [0.717, 1.165) is 0 Å². The number of carbonyl (C=O) groups is 2. The number of hydrogen-bond donors (Lipinski definition) is 1. The molecule has 2 aromatic heterocycles. The van der Waals surface area contributed by atoms with E-state index in [9.17, 15) is 18.8 Å². The predicted octanol–water partition coefficient (Wildman–Crippen LogP) is 2.02. The number of rotatable bonds is 4. The van der Waals surface area contributed by atoms with Crippen LogP contribution in [-0.4, -0.2) is 44.3 Å². The number of aromatic nitrogens is 3. The molecule has 0 spiro atoms. The highest BCUT2D eigenvalue weighted by Crippen LogP contribution is 2.23. The van der Waals surface area contributed by atoms with Crippen LogP contribution in [0.4, 0.5) is 4.39 Å². The van der Waals surface area contributed by atoms with Gasteiger partial charge in [-0.1, -0.05) is 0 Å². The van der Waals surface area contributed by atoms with Crippen LogP contribution in [0.2, 0.25) is 0 Å². The van der Waals surface area contributed by atoms with Crippen molar-refractivity contribution in [1.82, 2.24) is 24.8 Å². The fourth-order valence-electron chi connectivity index (χ4n) is 3.77. The highest BCUT2D eigenvalue weighted by Gasteiger charge is 2.29. The first kappa shape index (κ1) is 21.4. The van der Waals surface area contributed by atoms with Crippen LogP contribution in [0.1, 0.15) is 44.6 Å². The van der Waals surface area contributed by atoms with Crippen molar-refractivity contribution in [2.24, 2.45) is 0 Å². The topological polar surface area (TPSA) is 97.2 Å². The Bertz CT molecular complexity index is 1240. The molecule has 0 bridgehead atoms. The van der Waals surface area contributed by atoms with Crippen LogP contribution in [0.25, 0.3) is 5.69 Å². The van der Waals surface area contributed by atoms with Crippen molar-refractivity contribution < 1.29 is 14.0 Å². The fraction of sp³-hybridized carbons (Fsp3) is 0.261. The largest absolute Gasteiger partial charge is 0.352 e. The SMILES string of the molecule is CCNC(=O)c1c2c(cn(-c3ccc(F)cc3)c1=O)CN(C(=O)c1cnc(C)cn1)CC2. The van der Waals surface area contributed by atoms with Crippen molar-refractivity contribution in [1.29, 1.82) is 0 Å². The highest BCUT2D eigenvalue weighted by molar-refractivity contribution is 5.96. The van der Waals surface area contributed by atoms with Gasteiger partial charge in [0.1, 0.15) is 17.1 Å². The molecule has 0 saturated heterocycles. The molecule has 9 heteroatoms. The Balaban J connectivity index is 1.78. The number of benzene rings is 1. The van der Waals surface area contributed by atoms with Gasteiger partial charge in [-0.15, -0.1) is 0 Å². The third kappa shape index (κ3) is 4.01. The van der Waals surface area contributed by atoms with Crippen molar-refractivity contribution in [3.05, 3.63) is 87.1 Å². The Morgan fingerprint density at radius 2 is 1.91 bits per heavy atom. The van der Waals surface area contributed by atoms with Gasteiger partial charge in [-0.05, 0) is 55.7 Å². The van der Waals surface area contributed by atoms with Gasteiger partial charge >= 0.3 is 0 Å². The smallest absolute Gasteiger partial charge is 0.274 e. The molecule has 0 saturated carbocycles. The molecule has 1 aliphatic rings. The number of carbonyl (C=O) groups excluding carboxylic acids is 2. The van der Waals surface area contributed by atoms with Gasteiger partial charge in [-0.25, -0.2) is 9.37 Å². The van der Waals surface area contributed by atoms with E-state index in [2.05, 4.69) is 15.3 Å². The maximum absolute atomic E-state index is 13.4. The van der Waals surface area contributed by atoms with Gasteiger partial charge < -0.3 is 10.2 Å². The molecule has 1 N–H and O–H groups in total. The highest BCUT2D eigenvalue weighted by atomic mass is 19.1. The average Bonchev–Trinajstić information content (AvgIpc) is 2.79. The average molecular weight is 435 g/mol. The fourth-order valence-corrected chi connectivity index (χ4v) is 3.77. The molecule has 32 heavy (non-hydrogen) atoms. The second-order valence-electron chi connectivity index (χ2n) is 7.54. The lowest BCUT2D eigenvalue weighted by atomic mass is 9.95. The van der Waals surface area contributed by atoms with Crippen LogP contribution in [0.5, 0.6) is 0 Å². The Labute approximate surface area is 183 Å². The van der Waals surface area contributed by atoms with E-state index in [-0.39, 0.29) is 23.7 Å². The first-order valence-electron chi connectivity index (χ1n) is 10.3. The number of fused-ring (bicyclic) bond motifs is 1. The summed E-state index contributed by atoms with van der Waals surface area (Å²) < 4.78 is 14.7. The van der Waals surface area contributed by atoms with Gasteiger partial charge in [0.05, 0.1) is 11.9 Å². The summed E-state index contributed by atoms with van der Waals surface area (Å²) in [5.74, 6) is -1.17. The Hall–Kier alpha value is -3.88. The second kappa shape index (κ2) is 8.70. The summed E-state index contributed by atoms with van der Waals surface area (Å²) in [6.07, 6.45) is 4.94. The van der Waals surface area contributed by atoms with Crippen molar-refractivity contribution in [3.63, 3.8) is 0 Å². The molecule has 0 fully saturated rings. The molecule has 4 rings (SSSR count). The zero-order chi connectivity index (χ0) is 22.8. The quantitative estimate of drug-likeness (QED) is 0.676. The molecule has 0 atom stereocenters. The summed E-state index contributed by atoms with van der Waals surface area (Å²) in [7, 11) is 0. The van der Waals surface area contributed by atoms with E-state index in [0.29, 0.717) is 42.0 Å². The number of nitrogens with zero attached hydrogens (tertiary/aromatic N) is 4. The van der Waals surface area contributed by atoms with Crippen molar-refractivity contribution in [2.45, 2.75) is 26.8 Å². The monoisotopic (exact) mass is 435 g/mol. The lowest BCUT2D eigenvalue weighted by molar-refractivity contribution is 0.0727. The van der Waals surface area contributed by atoms with Crippen LogP contribution in [0, 0.1) is 12.7 Å². The zero-order valence-electron chi connectivity index (χ0n) is 17.8. The van der Waals surface area contributed by atoms with Gasteiger partial charge in [0.2, 0.25) is 0 Å². The molecular formula is C23H22FN5O3. The Morgan fingerprint density at radius 1 is 1.16 bits per heavy atom. The molecule has 3 heterocycles. The number of hydrogen-bond acceptors (Lipinski definition) is 5. The second-order valence-corrected chi connectivity index (χ2v) is 7.54. The maximum Gasteiger partial charge on any atom is 0.274 e. The van der Waals surface area contributed by atoms with Crippen molar-refractivity contribution in [2.75, 3.05) is 13.1 Å². The van der Waals surface area contributed by atoms with Gasteiger partial charge in [-0.2, -0.15) is 0 Å². The van der Waals surface area contributed by atoms with Crippen molar-refractivity contribution in [3.8, 4) is 5.69 Å². The molecule has 8 nitrogen and oxygen atoms in total. The molecule has 2 amide bonds. The minimum Gasteiger partial charge on any atom is -0.352 e. The molecule has 164 valence electrons. The van der Waals surface area contributed by atoms with E-state index in [1.54, 1.807) is 24.9 Å². The molecule has 0 aliphatic carbocycles. The summed E-state index contributed by atoms with van der Waals surface area (Å²) >= 11 is 0. The minimum atomic E-state index is -0.481. The molecule has 0 unspecified atom stereocenters. The number of pyridine rings is 1. The summed E-state index contributed by atoms with van der Waals surface area (Å²) in [4.78, 5) is 48.8. The third-order valence-corrected chi connectivity index (χ3v) is 5.36. The lowest BCUT2D eigenvalue weighted by Gasteiger charge is -2.30. The van der Waals surface area contributed by atoms with E-state index >= 15 is 0 Å². The van der Waals surface area contributed by atoms with Crippen LogP contribution in [-0.2, 0) is 13.0 Å². The summed E-state index contributed by atoms with van der Waals surface area (Å²) in [5, 5.41) is 2.69. The lowest BCUT2D eigenvalue weighted by Crippen LogP contribution is -2.41. The molecule has 1 aliphatic heterocycles. The van der Waals surface area contributed by atoms with Gasteiger partial charge in [0.15, 0.2) is 0 Å². The number of amides is 2. The van der Waals surface area contributed by atoms with E-state index in [4.69, 9.17) is 0 Å². The summed E-state index contributed by atoms with van der Waals surface area (Å²) in [5.41, 5.74) is 2.24. The van der Waals surface area contributed by atoms with Crippen LogP contribution < -0.4 is 10.9 Å². The normalized spacial score (nSPS) is 12.9. The number of nitrogens with one attached hydrogen (secondary N) is 1.